The summed E-state index contributed by atoms with van der Waals surface area (Å²) in [6.07, 6.45) is -1.18. The number of hydrogen-bond acceptors (Lipinski definition) is 5. The third-order valence-electron chi connectivity index (χ3n) is 4.59. The van der Waals surface area contributed by atoms with E-state index in [0.717, 1.165) is 18.7 Å². The van der Waals surface area contributed by atoms with Crippen LogP contribution in [0.4, 0.5) is 0 Å². The van der Waals surface area contributed by atoms with Crippen molar-refractivity contribution in [1.29, 1.82) is 0 Å². The highest BCUT2D eigenvalue weighted by molar-refractivity contribution is 5.13. The zero-order chi connectivity index (χ0) is 14.8. The number of nitrogens with zero attached hydrogens (tertiary/aromatic N) is 2. The molecule has 21 heavy (non-hydrogen) atoms. The van der Waals surface area contributed by atoms with Crippen molar-refractivity contribution in [3.63, 3.8) is 0 Å². The van der Waals surface area contributed by atoms with Crippen molar-refractivity contribution in [1.82, 2.24) is 9.80 Å². The van der Waals surface area contributed by atoms with Gasteiger partial charge < -0.3 is 14.6 Å². The van der Waals surface area contributed by atoms with Crippen molar-refractivity contribution in [2.45, 2.75) is 31.1 Å². The number of aliphatic hydroxyl groups excluding tert-OH is 1. The van der Waals surface area contributed by atoms with Crippen LogP contribution in [0.2, 0.25) is 0 Å². The van der Waals surface area contributed by atoms with Crippen LogP contribution >= 0.6 is 0 Å². The first-order chi connectivity index (χ1) is 10.2. The molecule has 0 spiro atoms. The normalized spacial score (nSPS) is 34.6. The molecule has 0 unspecified atom stereocenters. The lowest BCUT2D eigenvalue weighted by Crippen LogP contribution is -2.68. The maximum absolute atomic E-state index is 10.6. The Bertz CT molecular complexity index is 456. The van der Waals surface area contributed by atoms with Gasteiger partial charge in [-0.3, -0.25) is 9.80 Å². The number of likely N-dealkylation sites (N-methyl/N-ethyl adjacent to an activating group) is 2. The van der Waals surface area contributed by atoms with E-state index in [1.165, 1.54) is 0 Å². The average molecular weight is 292 g/mol. The van der Waals surface area contributed by atoms with E-state index >= 15 is 0 Å². The predicted molar refractivity (Wildman–Crippen MR) is 79.8 cm³/mol. The highest BCUT2D eigenvalue weighted by Crippen LogP contribution is 2.26. The number of benzene rings is 1. The summed E-state index contributed by atoms with van der Waals surface area (Å²) in [5.41, 5.74) is 1.09. The Morgan fingerprint density at radius 1 is 1.19 bits per heavy atom. The van der Waals surface area contributed by atoms with Gasteiger partial charge in [0.1, 0.15) is 6.10 Å². The molecule has 5 heteroatoms. The minimum absolute atomic E-state index is 0.0678. The van der Waals surface area contributed by atoms with Gasteiger partial charge in [-0.1, -0.05) is 30.3 Å². The molecule has 2 saturated heterocycles. The van der Waals surface area contributed by atoms with Crippen LogP contribution < -0.4 is 0 Å². The number of aliphatic hydroxyl groups is 1. The van der Waals surface area contributed by atoms with Gasteiger partial charge in [-0.15, -0.1) is 0 Å². The molecule has 0 bridgehead atoms. The summed E-state index contributed by atoms with van der Waals surface area (Å²) in [7, 11) is 4.15. The fourth-order valence-corrected chi connectivity index (χ4v) is 3.25. The van der Waals surface area contributed by atoms with Crippen LogP contribution in [0.25, 0.3) is 0 Å². The van der Waals surface area contributed by atoms with Crippen LogP contribution in [-0.4, -0.2) is 73.2 Å². The van der Waals surface area contributed by atoms with Crippen molar-refractivity contribution in [3.8, 4) is 0 Å². The zero-order valence-electron chi connectivity index (χ0n) is 12.7. The molecular formula is C16H24N2O3. The van der Waals surface area contributed by atoms with E-state index in [2.05, 4.69) is 23.9 Å². The van der Waals surface area contributed by atoms with E-state index in [0.29, 0.717) is 13.2 Å². The highest BCUT2D eigenvalue weighted by Gasteiger charge is 2.45. The van der Waals surface area contributed by atoms with Gasteiger partial charge in [0.2, 0.25) is 0 Å². The Kier molecular flexibility index (Phi) is 4.57. The summed E-state index contributed by atoms with van der Waals surface area (Å²) in [6.45, 7) is 3.02. The van der Waals surface area contributed by atoms with Gasteiger partial charge >= 0.3 is 0 Å². The van der Waals surface area contributed by atoms with Gasteiger partial charge in [0, 0.05) is 13.1 Å². The minimum Gasteiger partial charge on any atom is -0.386 e. The van der Waals surface area contributed by atoms with Gasteiger partial charge in [-0.25, -0.2) is 0 Å². The van der Waals surface area contributed by atoms with Gasteiger partial charge in [0.05, 0.1) is 25.3 Å². The fourth-order valence-electron chi connectivity index (χ4n) is 3.25. The molecule has 4 atom stereocenters. The maximum atomic E-state index is 10.6. The van der Waals surface area contributed by atoms with E-state index in [9.17, 15) is 5.11 Å². The summed E-state index contributed by atoms with van der Waals surface area (Å²) in [6, 6.07) is 10.3. The molecule has 2 aliphatic heterocycles. The SMILES string of the molecule is CN1CCN(C)[C@@H]2CO[C@H](OCc3ccccc3)[C@@H](O)[C@@H]21. The van der Waals surface area contributed by atoms with Crippen LogP contribution in [0.3, 0.4) is 0 Å². The molecule has 2 aliphatic rings. The van der Waals surface area contributed by atoms with E-state index in [1.54, 1.807) is 0 Å². The summed E-state index contributed by atoms with van der Waals surface area (Å²) in [4.78, 5) is 4.48. The predicted octanol–water partition coefficient (Wildman–Crippen LogP) is 0.535. The Labute approximate surface area is 126 Å². The molecule has 0 aliphatic carbocycles. The second-order valence-electron chi connectivity index (χ2n) is 6.01. The molecule has 0 aromatic heterocycles. The lowest BCUT2D eigenvalue weighted by atomic mass is 9.94. The van der Waals surface area contributed by atoms with Crippen LogP contribution in [0.15, 0.2) is 30.3 Å². The van der Waals surface area contributed by atoms with Crippen LogP contribution in [0, 0.1) is 0 Å². The highest BCUT2D eigenvalue weighted by atomic mass is 16.7. The molecule has 1 aromatic carbocycles. The molecule has 2 fully saturated rings. The standard InChI is InChI=1S/C16H24N2O3/c1-17-8-9-18(2)14-13(17)11-21-16(15(14)19)20-10-12-6-4-3-5-7-12/h3-7,13-16,19H,8-11H2,1-2H3/t13-,14-,15+,16+/m1/s1. The Hall–Kier alpha value is -0.980. The Morgan fingerprint density at radius 3 is 2.67 bits per heavy atom. The maximum Gasteiger partial charge on any atom is 0.185 e. The molecule has 3 rings (SSSR count). The number of ether oxygens (including phenoxy) is 2. The van der Waals surface area contributed by atoms with Crippen LogP contribution in [0.5, 0.6) is 0 Å². The molecule has 0 radical (unpaired) electrons. The van der Waals surface area contributed by atoms with Gasteiger partial charge in [-0.2, -0.15) is 0 Å². The monoisotopic (exact) mass is 292 g/mol. The molecule has 1 N–H and O–H groups in total. The summed E-state index contributed by atoms with van der Waals surface area (Å²) in [5.74, 6) is 0. The second kappa shape index (κ2) is 6.42. The average Bonchev–Trinajstić information content (AvgIpc) is 2.51. The summed E-state index contributed by atoms with van der Waals surface area (Å²) < 4.78 is 11.6. The minimum atomic E-state index is -0.625. The van der Waals surface area contributed by atoms with Crippen molar-refractivity contribution >= 4 is 0 Å². The molecular weight excluding hydrogens is 268 g/mol. The zero-order valence-corrected chi connectivity index (χ0v) is 12.7. The van der Waals surface area contributed by atoms with E-state index in [4.69, 9.17) is 9.47 Å². The Morgan fingerprint density at radius 2 is 1.90 bits per heavy atom. The third-order valence-corrected chi connectivity index (χ3v) is 4.59. The summed E-state index contributed by atoms with van der Waals surface area (Å²) in [5, 5.41) is 10.6. The molecule has 0 saturated carbocycles. The van der Waals surface area contributed by atoms with Crippen molar-refractivity contribution in [2.75, 3.05) is 33.8 Å². The first kappa shape index (κ1) is 14.9. The van der Waals surface area contributed by atoms with Crippen molar-refractivity contribution in [2.24, 2.45) is 0 Å². The number of fused-ring (bicyclic) bond motifs is 1. The smallest absolute Gasteiger partial charge is 0.185 e. The molecule has 116 valence electrons. The van der Waals surface area contributed by atoms with Gasteiger partial charge in [0.15, 0.2) is 6.29 Å². The van der Waals surface area contributed by atoms with E-state index in [-0.39, 0.29) is 12.1 Å². The van der Waals surface area contributed by atoms with Crippen LogP contribution in [0.1, 0.15) is 5.56 Å². The van der Waals surface area contributed by atoms with E-state index < -0.39 is 12.4 Å². The van der Waals surface area contributed by atoms with Gasteiger partial charge in [0.25, 0.3) is 0 Å². The molecule has 5 nitrogen and oxygen atoms in total. The van der Waals surface area contributed by atoms with Crippen molar-refractivity contribution < 1.29 is 14.6 Å². The van der Waals surface area contributed by atoms with E-state index in [1.807, 2.05) is 30.3 Å². The fraction of sp³-hybridized carbons (Fsp3) is 0.625. The first-order valence-corrected chi connectivity index (χ1v) is 7.52. The third kappa shape index (κ3) is 3.12. The summed E-state index contributed by atoms with van der Waals surface area (Å²) >= 11 is 0. The molecule has 1 aromatic rings. The number of hydrogen-bond donors (Lipinski definition) is 1. The van der Waals surface area contributed by atoms with Crippen LogP contribution in [-0.2, 0) is 16.1 Å². The van der Waals surface area contributed by atoms with Crippen molar-refractivity contribution in [3.05, 3.63) is 35.9 Å². The topological polar surface area (TPSA) is 45.2 Å². The Balaban J connectivity index is 1.63. The number of piperazine rings is 1. The largest absolute Gasteiger partial charge is 0.386 e. The first-order valence-electron chi connectivity index (χ1n) is 7.52. The molecule has 2 heterocycles. The van der Waals surface area contributed by atoms with Gasteiger partial charge in [-0.05, 0) is 19.7 Å². The lowest BCUT2D eigenvalue weighted by molar-refractivity contribution is -0.258. The lowest BCUT2D eigenvalue weighted by Gasteiger charge is -2.50. The number of rotatable bonds is 3. The molecule has 0 amide bonds. The second-order valence-corrected chi connectivity index (χ2v) is 6.01. The quantitative estimate of drug-likeness (QED) is 0.881.